The summed E-state index contributed by atoms with van der Waals surface area (Å²) in [4.78, 5) is 9.40. The Labute approximate surface area is 166 Å². The molecular weight excluding hydrogens is 384 g/mol. The molecule has 8 heteroatoms. The Morgan fingerprint density at radius 3 is 2.14 bits per heavy atom. The number of rotatable bonds is 5. The normalized spacial score (nSPS) is 11.6. The summed E-state index contributed by atoms with van der Waals surface area (Å²) < 4.78 is 53.5. The highest BCUT2D eigenvalue weighted by Gasteiger charge is 2.35. The molecule has 4 nitrogen and oxygen atoms in total. The second-order valence-corrected chi connectivity index (χ2v) is 6.87. The number of halogens is 4. The Balaban J connectivity index is 1.96. The highest BCUT2D eigenvalue weighted by atomic mass is 19.4. The molecule has 2 aromatic carbocycles. The average Bonchev–Trinajstić information content (AvgIpc) is 2.67. The van der Waals surface area contributed by atoms with E-state index in [2.05, 4.69) is 15.3 Å². The number of anilines is 4. The van der Waals surface area contributed by atoms with Gasteiger partial charge in [0.2, 0.25) is 5.95 Å². The number of nitrogens with zero attached hydrogens (tertiary/aromatic N) is 3. The first-order chi connectivity index (χ1) is 13.6. The minimum absolute atomic E-state index is 0.0471. The van der Waals surface area contributed by atoms with Gasteiger partial charge in [0.05, 0.1) is 0 Å². The fourth-order valence-corrected chi connectivity index (χ4v) is 2.71. The fourth-order valence-electron chi connectivity index (χ4n) is 2.71. The fraction of sp³-hybridized carbons (Fsp3) is 0.238. The number of nitrogens with one attached hydrogen (secondary N) is 1. The maximum Gasteiger partial charge on any atom is 0.421 e. The van der Waals surface area contributed by atoms with Crippen molar-refractivity contribution in [2.75, 3.05) is 17.3 Å². The maximum atomic E-state index is 13.4. The highest BCUT2D eigenvalue weighted by molar-refractivity contribution is 5.64. The van der Waals surface area contributed by atoms with Crippen molar-refractivity contribution < 1.29 is 17.6 Å². The lowest BCUT2D eigenvalue weighted by atomic mass is 10.0. The van der Waals surface area contributed by atoms with Gasteiger partial charge in [-0.2, -0.15) is 18.2 Å². The third-order valence-electron chi connectivity index (χ3n) is 4.44. The number of aromatic nitrogens is 2. The van der Waals surface area contributed by atoms with Crippen LogP contribution in [0, 0.1) is 5.82 Å². The second-order valence-electron chi connectivity index (χ2n) is 6.87. The van der Waals surface area contributed by atoms with Gasteiger partial charge in [0.1, 0.15) is 17.2 Å². The van der Waals surface area contributed by atoms with Crippen LogP contribution >= 0.6 is 0 Å². The summed E-state index contributed by atoms with van der Waals surface area (Å²) in [6, 6.07) is 12.6. The molecule has 3 rings (SSSR count). The Morgan fingerprint density at radius 2 is 1.59 bits per heavy atom. The molecule has 3 aromatic rings. The molecule has 152 valence electrons. The first-order valence-corrected chi connectivity index (χ1v) is 8.95. The van der Waals surface area contributed by atoms with Crippen LogP contribution in [-0.2, 0) is 6.18 Å². The van der Waals surface area contributed by atoms with E-state index >= 15 is 0 Å². The van der Waals surface area contributed by atoms with E-state index in [1.807, 2.05) is 26.0 Å². The number of hydrogen-bond acceptors (Lipinski definition) is 4. The van der Waals surface area contributed by atoms with E-state index in [1.165, 1.54) is 29.2 Å². The molecule has 0 aliphatic carbocycles. The SMILES string of the molecule is CC(C)c1ccc(Nc2nc(N(C)c3ccc(F)cc3)ncc2C(F)(F)F)cc1. The van der Waals surface area contributed by atoms with Crippen molar-refractivity contribution in [3.63, 3.8) is 0 Å². The van der Waals surface area contributed by atoms with Gasteiger partial charge in [-0.15, -0.1) is 0 Å². The monoisotopic (exact) mass is 404 g/mol. The molecule has 0 atom stereocenters. The molecule has 1 heterocycles. The molecule has 0 saturated heterocycles. The predicted molar refractivity (Wildman–Crippen MR) is 105 cm³/mol. The lowest BCUT2D eigenvalue weighted by Crippen LogP contribution is -2.17. The summed E-state index contributed by atoms with van der Waals surface area (Å²) in [5, 5.41) is 2.74. The van der Waals surface area contributed by atoms with Crippen molar-refractivity contribution >= 4 is 23.1 Å². The van der Waals surface area contributed by atoms with Crippen molar-refractivity contribution in [1.82, 2.24) is 9.97 Å². The van der Waals surface area contributed by atoms with Crippen LogP contribution in [-0.4, -0.2) is 17.0 Å². The minimum atomic E-state index is -4.62. The molecule has 0 saturated carbocycles. The van der Waals surface area contributed by atoms with Gasteiger partial charge in [-0.1, -0.05) is 26.0 Å². The molecule has 0 aliphatic heterocycles. The van der Waals surface area contributed by atoms with E-state index in [9.17, 15) is 17.6 Å². The van der Waals surface area contributed by atoms with Crippen LogP contribution in [0.25, 0.3) is 0 Å². The van der Waals surface area contributed by atoms with E-state index < -0.39 is 17.6 Å². The number of hydrogen-bond donors (Lipinski definition) is 1. The van der Waals surface area contributed by atoms with Gasteiger partial charge >= 0.3 is 6.18 Å². The van der Waals surface area contributed by atoms with Gasteiger partial charge in [-0.05, 0) is 47.9 Å². The second kappa shape index (κ2) is 8.06. The first-order valence-electron chi connectivity index (χ1n) is 8.95. The number of alkyl halides is 3. The Hall–Kier alpha value is -3.16. The van der Waals surface area contributed by atoms with Gasteiger partial charge in [0.25, 0.3) is 0 Å². The molecular formula is C21H20F4N4. The van der Waals surface area contributed by atoms with E-state index in [-0.39, 0.29) is 11.8 Å². The lowest BCUT2D eigenvalue weighted by Gasteiger charge is -2.20. The van der Waals surface area contributed by atoms with Crippen LogP contribution in [0.2, 0.25) is 0 Å². The Kier molecular flexibility index (Phi) is 5.72. The zero-order chi connectivity index (χ0) is 21.2. The van der Waals surface area contributed by atoms with E-state index in [4.69, 9.17) is 0 Å². The van der Waals surface area contributed by atoms with Crippen molar-refractivity contribution in [3.8, 4) is 0 Å². The van der Waals surface area contributed by atoms with Gasteiger partial charge in [-0.25, -0.2) is 9.37 Å². The molecule has 0 bridgehead atoms. The molecule has 0 amide bonds. The van der Waals surface area contributed by atoms with Gasteiger partial charge in [-0.3, -0.25) is 0 Å². The van der Waals surface area contributed by atoms with Crippen LogP contribution in [0.15, 0.2) is 54.7 Å². The molecule has 0 unspecified atom stereocenters. The zero-order valence-electron chi connectivity index (χ0n) is 16.1. The Morgan fingerprint density at radius 1 is 0.966 bits per heavy atom. The Bertz CT molecular complexity index is 967. The van der Waals surface area contributed by atoms with Crippen LogP contribution in [0.4, 0.5) is 40.7 Å². The average molecular weight is 404 g/mol. The summed E-state index contributed by atoms with van der Waals surface area (Å²) in [5.41, 5.74) is 1.13. The van der Waals surface area contributed by atoms with Crippen molar-refractivity contribution in [1.29, 1.82) is 0 Å². The van der Waals surface area contributed by atoms with E-state index in [0.29, 0.717) is 17.3 Å². The summed E-state index contributed by atoms with van der Waals surface area (Å²) in [6.45, 7) is 4.07. The van der Waals surface area contributed by atoms with Gasteiger partial charge < -0.3 is 10.2 Å². The third-order valence-corrected chi connectivity index (χ3v) is 4.44. The number of benzene rings is 2. The molecule has 1 N–H and O–H groups in total. The van der Waals surface area contributed by atoms with Crippen LogP contribution < -0.4 is 10.2 Å². The standard InChI is InChI=1S/C21H20F4N4/c1-13(2)14-4-8-16(9-5-14)27-19-18(21(23,24)25)12-26-20(28-19)29(3)17-10-6-15(22)7-11-17/h4-13H,1-3H3,(H,26,27,28). The molecule has 29 heavy (non-hydrogen) atoms. The molecule has 0 fully saturated rings. The molecule has 1 aromatic heterocycles. The summed E-state index contributed by atoms with van der Waals surface area (Å²) >= 11 is 0. The van der Waals surface area contributed by atoms with Crippen LogP contribution in [0.3, 0.4) is 0 Å². The third kappa shape index (κ3) is 4.82. The summed E-state index contributed by atoms with van der Waals surface area (Å²) in [7, 11) is 1.59. The van der Waals surface area contributed by atoms with Crippen molar-refractivity contribution in [2.24, 2.45) is 0 Å². The summed E-state index contributed by atoms with van der Waals surface area (Å²) in [5.74, 6) is -0.410. The topological polar surface area (TPSA) is 41.1 Å². The van der Waals surface area contributed by atoms with Crippen LogP contribution in [0.1, 0.15) is 30.9 Å². The maximum absolute atomic E-state index is 13.4. The first kappa shape index (κ1) is 20.6. The zero-order valence-corrected chi connectivity index (χ0v) is 16.1. The quantitative estimate of drug-likeness (QED) is 0.509. The smallest absolute Gasteiger partial charge is 0.340 e. The largest absolute Gasteiger partial charge is 0.421 e. The van der Waals surface area contributed by atoms with E-state index in [0.717, 1.165) is 11.8 Å². The molecule has 0 aliphatic rings. The van der Waals surface area contributed by atoms with Crippen molar-refractivity contribution in [2.45, 2.75) is 25.9 Å². The predicted octanol–water partition coefficient (Wildman–Crippen LogP) is 6.27. The van der Waals surface area contributed by atoms with Gasteiger partial charge in [0, 0.05) is 24.6 Å². The lowest BCUT2D eigenvalue weighted by molar-refractivity contribution is -0.137. The molecule has 0 radical (unpaired) electrons. The van der Waals surface area contributed by atoms with E-state index in [1.54, 1.807) is 19.2 Å². The van der Waals surface area contributed by atoms with Crippen molar-refractivity contribution in [3.05, 3.63) is 71.7 Å². The minimum Gasteiger partial charge on any atom is -0.340 e. The highest BCUT2D eigenvalue weighted by Crippen LogP contribution is 2.36. The molecule has 0 spiro atoms. The van der Waals surface area contributed by atoms with Crippen LogP contribution in [0.5, 0.6) is 0 Å². The summed E-state index contributed by atoms with van der Waals surface area (Å²) in [6.07, 6.45) is -3.87. The van der Waals surface area contributed by atoms with Gasteiger partial charge in [0.15, 0.2) is 0 Å².